The predicted molar refractivity (Wildman–Crippen MR) is 68.1 cm³/mol. The fourth-order valence-corrected chi connectivity index (χ4v) is 2.56. The highest BCUT2D eigenvalue weighted by Crippen LogP contribution is 2.17. The lowest BCUT2D eigenvalue weighted by molar-refractivity contribution is -0.145. The maximum Gasteiger partial charge on any atom is 0.308 e. The van der Waals surface area contributed by atoms with Gasteiger partial charge in [-0.25, -0.2) is 0 Å². The lowest BCUT2D eigenvalue weighted by Gasteiger charge is -2.30. The van der Waals surface area contributed by atoms with E-state index in [4.69, 9.17) is 10.8 Å². The number of nitrogens with two attached hydrogens (primary N) is 1. The number of thioether (sulfide) groups is 1. The van der Waals surface area contributed by atoms with Crippen LogP contribution >= 0.6 is 11.8 Å². The molecule has 1 aliphatic rings. The van der Waals surface area contributed by atoms with E-state index >= 15 is 0 Å². The molecule has 1 heterocycles. The van der Waals surface area contributed by atoms with Gasteiger partial charge in [0.05, 0.1) is 11.7 Å². The molecule has 1 unspecified atom stereocenters. The van der Waals surface area contributed by atoms with E-state index < -0.39 is 17.8 Å². The first-order valence-electron chi connectivity index (χ1n) is 5.87. The first-order chi connectivity index (χ1) is 8.50. The number of carbonyl (C=O) groups is 3. The van der Waals surface area contributed by atoms with Crippen molar-refractivity contribution in [3.05, 3.63) is 0 Å². The molecule has 0 spiro atoms. The van der Waals surface area contributed by atoms with Gasteiger partial charge in [-0.3, -0.25) is 14.4 Å². The molecular weight excluding hydrogens is 256 g/mol. The van der Waals surface area contributed by atoms with E-state index in [1.807, 2.05) is 0 Å². The average Bonchev–Trinajstić information content (AvgIpc) is 2.34. The predicted octanol–water partition coefficient (Wildman–Crippen LogP) is -0.0818. The molecule has 102 valence electrons. The highest BCUT2D eigenvalue weighted by atomic mass is 32.2. The molecule has 0 aliphatic carbocycles. The summed E-state index contributed by atoms with van der Waals surface area (Å²) in [5, 5.41) is 8.92. The largest absolute Gasteiger partial charge is 0.481 e. The van der Waals surface area contributed by atoms with E-state index in [1.165, 1.54) is 11.8 Å². The zero-order chi connectivity index (χ0) is 13.5. The number of carboxylic acid groups (broad SMARTS) is 1. The molecule has 0 radical (unpaired) electrons. The fourth-order valence-electron chi connectivity index (χ4n) is 1.90. The number of primary amides is 1. The van der Waals surface area contributed by atoms with E-state index in [0.717, 1.165) is 6.42 Å². The quantitative estimate of drug-likeness (QED) is 0.660. The van der Waals surface area contributed by atoms with Crippen LogP contribution < -0.4 is 5.73 Å². The zero-order valence-corrected chi connectivity index (χ0v) is 10.9. The third-order valence-electron chi connectivity index (χ3n) is 2.83. The SMILES string of the molecule is NC(=O)CSCCC(=O)N1CCCC(C(=O)O)C1. The van der Waals surface area contributed by atoms with Crippen LogP contribution in [0.5, 0.6) is 0 Å². The third kappa shape index (κ3) is 4.95. The standard InChI is InChI=1S/C11H18N2O4S/c12-9(14)7-18-5-3-10(15)13-4-1-2-8(6-13)11(16)17/h8H,1-7H2,(H2,12,14)(H,16,17). The smallest absolute Gasteiger partial charge is 0.308 e. The number of hydrogen-bond donors (Lipinski definition) is 2. The van der Waals surface area contributed by atoms with Crippen molar-refractivity contribution < 1.29 is 19.5 Å². The minimum absolute atomic E-state index is 0.0436. The molecule has 7 heteroatoms. The summed E-state index contributed by atoms with van der Waals surface area (Å²) < 4.78 is 0. The third-order valence-corrected chi connectivity index (χ3v) is 3.81. The molecule has 1 rings (SSSR count). The first-order valence-corrected chi connectivity index (χ1v) is 7.03. The van der Waals surface area contributed by atoms with Crippen molar-refractivity contribution in [3.8, 4) is 0 Å². The van der Waals surface area contributed by atoms with Crippen molar-refractivity contribution in [1.29, 1.82) is 0 Å². The lowest BCUT2D eigenvalue weighted by Crippen LogP contribution is -2.42. The average molecular weight is 274 g/mol. The van der Waals surface area contributed by atoms with Crippen LogP contribution in [0.3, 0.4) is 0 Å². The molecule has 1 saturated heterocycles. The Morgan fingerprint density at radius 2 is 2.11 bits per heavy atom. The van der Waals surface area contributed by atoms with Gasteiger partial charge in [0.2, 0.25) is 11.8 Å². The second-order valence-electron chi connectivity index (χ2n) is 4.29. The topological polar surface area (TPSA) is 101 Å². The Bertz CT molecular complexity index is 335. The Kier molecular flexibility index (Phi) is 5.97. The van der Waals surface area contributed by atoms with Crippen LogP contribution in [-0.4, -0.2) is 52.4 Å². The van der Waals surface area contributed by atoms with Crippen LogP contribution in [0.4, 0.5) is 0 Å². The van der Waals surface area contributed by atoms with Crippen LogP contribution in [0.1, 0.15) is 19.3 Å². The number of amides is 2. The second-order valence-corrected chi connectivity index (χ2v) is 5.39. The summed E-state index contributed by atoms with van der Waals surface area (Å²) in [5.41, 5.74) is 4.98. The summed E-state index contributed by atoms with van der Waals surface area (Å²) in [6.07, 6.45) is 1.69. The van der Waals surface area contributed by atoms with Crippen LogP contribution in [0.2, 0.25) is 0 Å². The fraction of sp³-hybridized carbons (Fsp3) is 0.727. The van der Waals surface area contributed by atoms with Crippen LogP contribution in [0, 0.1) is 5.92 Å². The van der Waals surface area contributed by atoms with E-state index in [9.17, 15) is 14.4 Å². The number of piperidine rings is 1. The van der Waals surface area contributed by atoms with E-state index in [-0.39, 0.29) is 11.7 Å². The highest BCUT2D eigenvalue weighted by Gasteiger charge is 2.27. The Balaban J connectivity index is 2.28. The van der Waals surface area contributed by atoms with Gasteiger partial charge in [0.1, 0.15) is 0 Å². The molecule has 2 amide bonds. The number of likely N-dealkylation sites (tertiary alicyclic amines) is 1. The molecule has 0 saturated carbocycles. The van der Waals surface area contributed by atoms with Crippen molar-refractivity contribution in [1.82, 2.24) is 4.90 Å². The second kappa shape index (κ2) is 7.25. The molecular formula is C11H18N2O4S. The minimum Gasteiger partial charge on any atom is -0.481 e. The summed E-state index contributed by atoms with van der Waals surface area (Å²) in [7, 11) is 0. The normalized spacial score (nSPS) is 19.6. The van der Waals surface area contributed by atoms with E-state index in [1.54, 1.807) is 4.90 Å². The number of rotatable bonds is 6. The van der Waals surface area contributed by atoms with Crippen molar-refractivity contribution >= 4 is 29.5 Å². The van der Waals surface area contributed by atoms with Gasteiger partial charge in [-0.2, -0.15) is 11.8 Å². The molecule has 0 aromatic rings. The molecule has 0 aromatic carbocycles. The Morgan fingerprint density at radius 3 is 2.72 bits per heavy atom. The van der Waals surface area contributed by atoms with Crippen molar-refractivity contribution in [2.75, 3.05) is 24.6 Å². The molecule has 3 N–H and O–H groups in total. The van der Waals surface area contributed by atoms with E-state index in [2.05, 4.69) is 0 Å². The first kappa shape index (κ1) is 14.8. The number of carboxylic acids is 1. The zero-order valence-electron chi connectivity index (χ0n) is 10.1. The van der Waals surface area contributed by atoms with Gasteiger partial charge in [0.25, 0.3) is 0 Å². The monoisotopic (exact) mass is 274 g/mol. The van der Waals surface area contributed by atoms with Gasteiger partial charge in [-0.1, -0.05) is 0 Å². The molecule has 1 aliphatic heterocycles. The van der Waals surface area contributed by atoms with Crippen LogP contribution in [0.25, 0.3) is 0 Å². The van der Waals surface area contributed by atoms with Gasteiger partial charge in [-0.05, 0) is 12.8 Å². The summed E-state index contributed by atoms with van der Waals surface area (Å²) in [6, 6.07) is 0. The maximum absolute atomic E-state index is 11.8. The number of hydrogen-bond acceptors (Lipinski definition) is 4. The Labute approximate surface area is 110 Å². The maximum atomic E-state index is 11.8. The molecule has 1 fully saturated rings. The number of nitrogens with zero attached hydrogens (tertiary/aromatic N) is 1. The summed E-state index contributed by atoms with van der Waals surface area (Å²) >= 11 is 1.32. The van der Waals surface area contributed by atoms with Crippen LogP contribution in [-0.2, 0) is 14.4 Å². The molecule has 0 aromatic heterocycles. The molecule has 6 nitrogen and oxygen atoms in total. The molecule has 18 heavy (non-hydrogen) atoms. The number of carbonyl (C=O) groups excluding carboxylic acids is 2. The van der Waals surface area contributed by atoms with Gasteiger partial charge < -0.3 is 15.7 Å². The molecule has 0 bridgehead atoms. The van der Waals surface area contributed by atoms with E-state index in [0.29, 0.717) is 31.7 Å². The summed E-state index contributed by atoms with van der Waals surface area (Å²) in [4.78, 5) is 34.8. The molecule has 1 atom stereocenters. The Morgan fingerprint density at radius 1 is 1.39 bits per heavy atom. The summed E-state index contributed by atoms with van der Waals surface area (Å²) in [6.45, 7) is 0.928. The van der Waals surface area contributed by atoms with Gasteiger partial charge >= 0.3 is 5.97 Å². The Hall–Kier alpha value is -1.24. The summed E-state index contributed by atoms with van der Waals surface area (Å²) in [5.74, 6) is -0.966. The van der Waals surface area contributed by atoms with Crippen molar-refractivity contribution in [2.45, 2.75) is 19.3 Å². The van der Waals surface area contributed by atoms with Crippen molar-refractivity contribution in [2.24, 2.45) is 11.7 Å². The van der Waals surface area contributed by atoms with Gasteiger partial charge in [0, 0.05) is 25.3 Å². The van der Waals surface area contributed by atoms with Gasteiger partial charge in [0.15, 0.2) is 0 Å². The lowest BCUT2D eigenvalue weighted by atomic mass is 9.98. The highest BCUT2D eigenvalue weighted by molar-refractivity contribution is 7.99. The minimum atomic E-state index is -0.837. The number of aliphatic carboxylic acids is 1. The van der Waals surface area contributed by atoms with Crippen molar-refractivity contribution in [3.63, 3.8) is 0 Å². The van der Waals surface area contributed by atoms with Crippen LogP contribution in [0.15, 0.2) is 0 Å². The van der Waals surface area contributed by atoms with Gasteiger partial charge in [-0.15, -0.1) is 0 Å².